The average Bonchev–Trinajstić information content (AvgIpc) is 3.60. The van der Waals surface area contributed by atoms with Gasteiger partial charge >= 0.3 is 12.0 Å². The molecule has 0 spiro atoms. The number of benzene rings is 2. The van der Waals surface area contributed by atoms with E-state index in [9.17, 15) is 55.0 Å². The monoisotopic (exact) mass is 829 g/mol. The van der Waals surface area contributed by atoms with Gasteiger partial charge in [0.1, 0.15) is 41.6 Å². The summed E-state index contributed by atoms with van der Waals surface area (Å²) >= 11 is 0. The molecule has 0 saturated carbocycles. The summed E-state index contributed by atoms with van der Waals surface area (Å²) in [5.41, 5.74) is -3.65. The Morgan fingerprint density at radius 1 is 1.18 bits per heavy atom. The number of piperazine rings is 1. The van der Waals surface area contributed by atoms with Gasteiger partial charge in [0.2, 0.25) is 5.78 Å². The zero-order valence-electron chi connectivity index (χ0n) is 32.6. The molecular weight excluding hydrogens is 790 g/mol. The number of nitro groups is 1. The Labute approximate surface area is 340 Å². The molecule has 1 aromatic heterocycles. The number of fused-ring (bicyclic) bond motifs is 3. The largest absolute Gasteiger partial charge is 0.507 e. The first-order valence-electron chi connectivity index (χ1n) is 18.7. The van der Waals surface area contributed by atoms with Gasteiger partial charge in [-0.15, -0.1) is 0 Å². The lowest BCUT2D eigenvalue weighted by atomic mass is 9.72. The van der Waals surface area contributed by atoms with Gasteiger partial charge in [0.15, 0.2) is 30.2 Å². The number of aliphatic hydroxyl groups is 2. The first-order chi connectivity index (χ1) is 28.5. The Kier molecular flexibility index (Phi) is 10.8. The van der Waals surface area contributed by atoms with Crippen LogP contribution < -0.4 is 4.74 Å². The van der Waals surface area contributed by atoms with Gasteiger partial charge < -0.3 is 49.5 Å². The second kappa shape index (κ2) is 15.6. The third-order valence-corrected chi connectivity index (χ3v) is 11.7. The topological polar surface area (TPSA) is 282 Å². The number of phenolic OH excluding ortho intramolecular Hbond substituents is 2. The third kappa shape index (κ3) is 6.75. The third-order valence-electron chi connectivity index (χ3n) is 11.7. The summed E-state index contributed by atoms with van der Waals surface area (Å²) in [4.78, 5) is 74.4. The van der Waals surface area contributed by atoms with Crippen molar-refractivity contribution in [2.75, 3.05) is 20.2 Å². The number of aromatic hydroxyl groups is 2. The van der Waals surface area contributed by atoms with Crippen LogP contribution in [0.5, 0.6) is 17.2 Å². The molecule has 2 aliphatic carbocycles. The van der Waals surface area contributed by atoms with Crippen molar-refractivity contribution < 1.29 is 63.5 Å². The van der Waals surface area contributed by atoms with Gasteiger partial charge in [-0.1, -0.05) is 17.1 Å². The Bertz CT molecular complexity index is 2400. The summed E-state index contributed by atoms with van der Waals surface area (Å²) in [6, 6.07) is 4.18. The molecule has 4 N–H and O–H groups in total. The molecule has 4 aliphatic rings. The van der Waals surface area contributed by atoms with Crippen LogP contribution in [0.15, 0.2) is 24.4 Å². The Balaban J connectivity index is 1.17. The minimum atomic E-state index is -2.19. The number of ketones is 3. The fourth-order valence-electron chi connectivity index (χ4n) is 8.55. The molecule has 60 heavy (non-hydrogen) atoms. The number of carbonyl (C=O) groups is 4. The second-order valence-electron chi connectivity index (χ2n) is 15.1. The molecule has 2 saturated heterocycles. The van der Waals surface area contributed by atoms with Crippen LogP contribution in [0.4, 0.5) is 10.7 Å². The fourth-order valence-corrected chi connectivity index (χ4v) is 8.55. The van der Waals surface area contributed by atoms with Gasteiger partial charge in [-0.25, -0.2) is 20.8 Å². The van der Waals surface area contributed by atoms with Crippen molar-refractivity contribution in [2.45, 2.75) is 88.2 Å². The van der Waals surface area contributed by atoms with Crippen molar-refractivity contribution in [3.05, 3.63) is 85.0 Å². The highest BCUT2D eigenvalue weighted by Gasteiger charge is 2.53. The van der Waals surface area contributed by atoms with Crippen molar-refractivity contribution in [3.63, 3.8) is 0 Å². The molecule has 3 heterocycles. The maximum atomic E-state index is 14.0. The van der Waals surface area contributed by atoms with E-state index in [0.29, 0.717) is 0 Å². The van der Waals surface area contributed by atoms with E-state index in [1.165, 1.54) is 50.4 Å². The molecule has 7 rings (SSSR count). The minimum absolute atomic E-state index is 0.0464. The van der Waals surface area contributed by atoms with E-state index in [4.69, 9.17) is 25.5 Å². The molecule has 314 valence electrons. The molecule has 21 heteroatoms. The number of ether oxygens (including phenoxy) is 4. The summed E-state index contributed by atoms with van der Waals surface area (Å²) in [6.07, 6.45) is -7.34. The van der Waals surface area contributed by atoms with E-state index in [1.807, 2.05) is 0 Å². The van der Waals surface area contributed by atoms with Gasteiger partial charge in [-0.3, -0.25) is 24.1 Å². The van der Waals surface area contributed by atoms with E-state index in [2.05, 4.69) is 15.9 Å². The number of imidazole rings is 1. The summed E-state index contributed by atoms with van der Waals surface area (Å²) in [5.74, 6) is -4.25. The first kappa shape index (κ1) is 41.7. The van der Waals surface area contributed by atoms with Crippen LogP contribution in [0, 0.1) is 28.0 Å². The molecule has 1 amide bonds. The average molecular weight is 830 g/mol. The summed E-state index contributed by atoms with van der Waals surface area (Å²) in [5, 5.41) is 68.1. The number of aliphatic hydroxyl groups excluding tert-OH is 1. The number of hydrogen-bond acceptors (Lipinski definition) is 17. The maximum absolute atomic E-state index is 14.0. The van der Waals surface area contributed by atoms with Gasteiger partial charge in [0.05, 0.1) is 67.8 Å². The molecule has 0 bridgehead atoms. The first-order valence-corrected chi connectivity index (χ1v) is 18.7. The summed E-state index contributed by atoms with van der Waals surface area (Å²) < 4.78 is 24.2. The summed E-state index contributed by atoms with van der Waals surface area (Å²) in [7, 11) is 2.67. The molecule has 2 aliphatic heterocycles. The number of nitriles is 1. The Morgan fingerprint density at radius 3 is 2.53 bits per heavy atom. The van der Waals surface area contributed by atoms with E-state index in [-0.39, 0.29) is 53.2 Å². The molecule has 8 atom stereocenters. The van der Waals surface area contributed by atoms with Crippen molar-refractivity contribution in [1.82, 2.24) is 19.4 Å². The van der Waals surface area contributed by atoms with E-state index >= 15 is 0 Å². The standard InChI is InChI=1S/C39H39N7O14/c1-17-32(48)23(45-19(12-40)14-44(15-26(45)41-3)38(53)58-16-20-13-42-37(43(20)4)46(55)56)9-27(59-17)60-25-11-39(54,18(2)47)10-22-29(25)36(52)31-30(34(22)50)33(49)21-7-6-8-24(57-5)28(21)35(31)51/h6-8,13,17,19,23,25-27,32,48,50,52,54H,9-11,14-16H2,1-2,4-5H3/t17?,19?,23?,25-,26?,27-,32?,39-/m0/s1. The van der Waals surface area contributed by atoms with Crippen molar-refractivity contribution in [2.24, 2.45) is 7.05 Å². The number of methoxy groups -OCH3 is 1. The fraction of sp³-hybridized carbons (Fsp3) is 0.462. The van der Waals surface area contributed by atoms with Crippen molar-refractivity contribution in [3.8, 4) is 23.3 Å². The smallest absolute Gasteiger partial charge is 0.434 e. The quantitative estimate of drug-likeness (QED) is 0.0852. The van der Waals surface area contributed by atoms with Gasteiger partial charge in [0, 0.05) is 36.0 Å². The van der Waals surface area contributed by atoms with Crippen LogP contribution in [0.3, 0.4) is 0 Å². The second-order valence-corrected chi connectivity index (χ2v) is 15.1. The van der Waals surface area contributed by atoms with Gasteiger partial charge in [-0.2, -0.15) is 5.26 Å². The molecule has 5 unspecified atom stereocenters. The van der Waals surface area contributed by atoms with Crippen LogP contribution in [-0.4, -0.2) is 131 Å². The lowest BCUT2D eigenvalue weighted by Gasteiger charge is -2.48. The number of nitrogens with zero attached hydrogens (tertiary/aromatic N) is 7. The summed E-state index contributed by atoms with van der Waals surface area (Å²) in [6.45, 7) is 9.71. The number of Topliss-reactive ketones (excluding diaryl/α,β-unsaturated/α-hetero) is 1. The number of hydrogen-bond donors (Lipinski definition) is 4. The van der Waals surface area contributed by atoms with Crippen molar-refractivity contribution in [1.29, 1.82) is 5.26 Å². The van der Waals surface area contributed by atoms with Crippen LogP contribution >= 0.6 is 0 Å². The predicted octanol–water partition coefficient (Wildman–Crippen LogP) is 1.80. The van der Waals surface area contributed by atoms with Gasteiger partial charge in [-0.05, 0) is 24.8 Å². The lowest BCUT2D eigenvalue weighted by Crippen LogP contribution is -2.66. The number of amides is 1. The molecule has 0 radical (unpaired) electrons. The molecule has 3 aromatic rings. The number of aromatic nitrogens is 2. The molecule has 21 nitrogen and oxygen atoms in total. The SMILES string of the molecule is [C-]#[N+]C1CN(C(=O)OCc2cnc([N+](=O)[O-])n2C)CC(C#N)N1C1C[C@H](O[C@H]2C[C@](O)(C(C)=O)Cc3c(O)c4c(c(O)c32)C(=O)c2c(OC)cccc2C4=O)OC(C)C1O. The zero-order valence-corrected chi connectivity index (χ0v) is 32.6. The van der Waals surface area contributed by atoms with E-state index in [1.54, 1.807) is 0 Å². The maximum Gasteiger partial charge on any atom is 0.434 e. The zero-order chi connectivity index (χ0) is 43.5. The van der Waals surface area contributed by atoms with Gasteiger partial charge in [0.25, 0.3) is 6.17 Å². The number of carbonyl (C=O) groups excluding carboxylic acids is 4. The van der Waals surface area contributed by atoms with Crippen molar-refractivity contribution >= 4 is 29.4 Å². The number of rotatable bonds is 8. The molecular formula is C39H39N7O14. The van der Waals surface area contributed by atoms with E-state index in [0.717, 1.165) is 16.4 Å². The normalized spacial score (nSPS) is 27.5. The minimum Gasteiger partial charge on any atom is -0.507 e. The molecule has 2 fully saturated rings. The number of phenols is 2. The van der Waals surface area contributed by atoms with Crippen LogP contribution in [0.25, 0.3) is 4.85 Å². The lowest BCUT2D eigenvalue weighted by molar-refractivity contribution is -0.396. The van der Waals surface area contributed by atoms with Crippen LogP contribution in [-0.2, 0) is 39.1 Å². The molecule has 2 aromatic carbocycles. The highest BCUT2D eigenvalue weighted by molar-refractivity contribution is 6.31. The highest BCUT2D eigenvalue weighted by atomic mass is 16.7. The van der Waals surface area contributed by atoms with Crippen LogP contribution in [0.1, 0.15) is 81.5 Å². The van der Waals surface area contributed by atoms with Crippen LogP contribution in [0.2, 0.25) is 0 Å². The highest BCUT2D eigenvalue weighted by Crippen LogP contribution is 2.52. The van der Waals surface area contributed by atoms with E-state index < -0.39 is 125 Å². The Morgan fingerprint density at radius 2 is 1.90 bits per heavy atom. The predicted molar refractivity (Wildman–Crippen MR) is 199 cm³/mol. The Hall–Kier alpha value is -6.49.